The molecule has 72 valence electrons. The Morgan fingerprint density at radius 3 is 2.27 bits per heavy atom. The Morgan fingerprint density at radius 1 is 0.733 bits per heavy atom. The van der Waals surface area contributed by atoms with Gasteiger partial charge in [-0.1, -0.05) is 42.5 Å². The average molecular weight is 193 g/mol. The first-order valence-corrected chi connectivity index (χ1v) is 5.07. The van der Waals surface area contributed by atoms with Crippen LogP contribution in [0.1, 0.15) is 11.1 Å². The van der Waals surface area contributed by atoms with Gasteiger partial charge in [-0.15, -0.1) is 0 Å². The minimum absolute atomic E-state index is 1.14. The Morgan fingerprint density at radius 2 is 1.47 bits per heavy atom. The Hall–Kier alpha value is -2.02. The molecule has 0 amide bonds. The van der Waals surface area contributed by atoms with Crippen LogP contribution in [0.3, 0.4) is 0 Å². The molecule has 0 aliphatic heterocycles. The summed E-state index contributed by atoms with van der Waals surface area (Å²) in [6.45, 7) is 0. The minimum Gasteiger partial charge on any atom is -0.355 e. The molecule has 2 aromatic rings. The van der Waals surface area contributed by atoms with E-state index in [0.717, 1.165) is 5.69 Å². The predicted octanol–water partition coefficient (Wildman–Crippen LogP) is 3.61. The Labute approximate surface area is 89.1 Å². The van der Waals surface area contributed by atoms with Crippen molar-refractivity contribution >= 4 is 17.5 Å². The Bertz CT molecular complexity index is 512. The van der Waals surface area contributed by atoms with E-state index in [1.54, 1.807) is 0 Å². The zero-order valence-corrected chi connectivity index (χ0v) is 8.27. The topological polar surface area (TPSA) is 12.0 Å². The van der Waals surface area contributed by atoms with Crippen LogP contribution in [0.25, 0.3) is 11.8 Å². The zero-order valence-electron chi connectivity index (χ0n) is 8.27. The molecule has 1 aliphatic carbocycles. The lowest BCUT2D eigenvalue weighted by Crippen LogP contribution is -2.06. The highest BCUT2D eigenvalue weighted by atomic mass is 14.9. The van der Waals surface area contributed by atoms with Crippen molar-refractivity contribution in [2.45, 2.75) is 0 Å². The largest absolute Gasteiger partial charge is 0.355 e. The van der Waals surface area contributed by atoms with E-state index in [2.05, 4.69) is 47.8 Å². The maximum Gasteiger partial charge on any atom is 0.0470 e. The normalized spacial score (nSPS) is 12.4. The molecule has 0 fully saturated rings. The summed E-state index contributed by atoms with van der Waals surface area (Å²) >= 11 is 0. The third-order valence-corrected chi connectivity index (χ3v) is 2.60. The van der Waals surface area contributed by atoms with Gasteiger partial charge in [-0.05, 0) is 23.8 Å². The fraction of sp³-hybridized carbons (Fsp3) is 0. The van der Waals surface area contributed by atoms with Crippen molar-refractivity contribution in [3.8, 4) is 0 Å². The average Bonchev–Trinajstić information content (AvgIpc) is 2.27. The van der Waals surface area contributed by atoms with Crippen LogP contribution in [0.4, 0.5) is 5.69 Å². The molecule has 0 radical (unpaired) electrons. The summed E-state index contributed by atoms with van der Waals surface area (Å²) < 4.78 is 0. The van der Waals surface area contributed by atoms with Crippen molar-refractivity contribution in [3.05, 3.63) is 65.7 Å². The molecular weight excluding hydrogens is 182 g/mol. The summed E-state index contributed by atoms with van der Waals surface area (Å²) in [6.07, 6.45) is 2.17. The van der Waals surface area contributed by atoms with E-state index in [9.17, 15) is 0 Å². The molecule has 0 spiro atoms. The minimum atomic E-state index is 1.14. The number of nitrogens with one attached hydrogen (secondary N) is 1. The van der Waals surface area contributed by atoms with Gasteiger partial charge in [-0.25, -0.2) is 0 Å². The number of fused-ring (bicyclic) bond motifs is 1. The number of hydrogen-bond donors (Lipinski definition) is 1. The monoisotopic (exact) mass is 193 g/mol. The van der Waals surface area contributed by atoms with Crippen molar-refractivity contribution < 1.29 is 0 Å². The molecule has 3 rings (SSSR count). The number of benzene rings is 2. The summed E-state index contributed by atoms with van der Waals surface area (Å²) in [6, 6.07) is 18.6. The molecule has 0 bridgehead atoms. The molecule has 15 heavy (non-hydrogen) atoms. The van der Waals surface area contributed by atoms with Gasteiger partial charge in [0.1, 0.15) is 0 Å². The molecule has 1 aliphatic rings. The van der Waals surface area contributed by atoms with Crippen LogP contribution in [0.15, 0.2) is 54.6 Å². The van der Waals surface area contributed by atoms with Crippen LogP contribution in [0.5, 0.6) is 0 Å². The summed E-state index contributed by atoms with van der Waals surface area (Å²) in [5, 5.41) is 3.40. The summed E-state index contributed by atoms with van der Waals surface area (Å²) in [5.41, 5.74) is 4.97. The first-order chi connectivity index (χ1) is 7.43. The van der Waals surface area contributed by atoms with Gasteiger partial charge in [-0.2, -0.15) is 0 Å². The second-order valence-corrected chi connectivity index (χ2v) is 3.64. The van der Waals surface area contributed by atoms with E-state index >= 15 is 0 Å². The fourth-order valence-electron chi connectivity index (χ4n) is 1.80. The SMILES string of the molecule is C1=C(Nc2ccccc2)c2ccccc21. The van der Waals surface area contributed by atoms with Crippen molar-refractivity contribution in [1.82, 2.24) is 0 Å². The van der Waals surface area contributed by atoms with E-state index < -0.39 is 0 Å². The highest BCUT2D eigenvalue weighted by Gasteiger charge is 2.14. The highest BCUT2D eigenvalue weighted by Crippen LogP contribution is 2.32. The smallest absolute Gasteiger partial charge is 0.0470 e. The van der Waals surface area contributed by atoms with Crippen molar-refractivity contribution in [2.24, 2.45) is 0 Å². The molecule has 0 atom stereocenters. The fourth-order valence-corrected chi connectivity index (χ4v) is 1.80. The predicted molar refractivity (Wildman–Crippen MR) is 64.4 cm³/mol. The molecule has 0 heterocycles. The molecule has 1 heteroatoms. The maximum atomic E-state index is 3.40. The molecule has 0 saturated heterocycles. The van der Waals surface area contributed by atoms with E-state index in [1.165, 1.54) is 16.8 Å². The van der Waals surface area contributed by atoms with Crippen LogP contribution >= 0.6 is 0 Å². The lowest BCUT2D eigenvalue weighted by Gasteiger charge is -2.21. The summed E-state index contributed by atoms with van der Waals surface area (Å²) in [5.74, 6) is 0. The molecular formula is C14H11N. The van der Waals surface area contributed by atoms with Gasteiger partial charge in [0.15, 0.2) is 0 Å². The highest BCUT2D eigenvalue weighted by molar-refractivity contribution is 6.00. The van der Waals surface area contributed by atoms with Crippen LogP contribution in [-0.4, -0.2) is 0 Å². The van der Waals surface area contributed by atoms with Gasteiger partial charge >= 0.3 is 0 Å². The zero-order chi connectivity index (χ0) is 10.1. The quantitative estimate of drug-likeness (QED) is 0.768. The van der Waals surface area contributed by atoms with Crippen LogP contribution in [0.2, 0.25) is 0 Å². The maximum absolute atomic E-state index is 3.40. The van der Waals surface area contributed by atoms with E-state index in [1.807, 2.05) is 18.2 Å². The van der Waals surface area contributed by atoms with Gasteiger partial charge in [0, 0.05) is 16.9 Å². The third kappa shape index (κ3) is 1.42. The molecule has 1 N–H and O–H groups in total. The van der Waals surface area contributed by atoms with Crippen molar-refractivity contribution in [1.29, 1.82) is 0 Å². The summed E-state index contributed by atoms with van der Waals surface area (Å²) in [4.78, 5) is 0. The molecule has 0 unspecified atom stereocenters. The van der Waals surface area contributed by atoms with Crippen LogP contribution < -0.4 is 5.32 Å². The summed E-state index contributed by atoms with van der Waals surface area (Å²) in [7, 11) is 0. The lowest BCUT2D eigenvalue weighted by molar-refractivity contribution is 1.47. The lowest BCUT2D eigenvalue weighted by atomic mass is 9.94. The third-order valence-electron chi connectivity index (χ3n) is 2.60. The number of hydrogen-bond acceptors (Lipinski definition) is 1. The van der Waals surface area contributed by atoms with E-state index in [4.69, 9.17) is 0 Å². The second kappa shape index (κ2) is 3.28. The van der Waals surface area contributed by atoms with Crippen molar-refractivity contribution in [3.63, 3.8) is 0 Å². The molecule has 0 saturated carbocycles. The van der Waals surface area contributed by atoms with Gasteiger partial charge in [0.25, 0.3) is 0 Å². The second-order valence-electron chi connectivity index (χ2n) is 3.64. The number of para-hydroxylation sites is 1. The molecule has 1 nitrogen and oxygen atoms in total. The van der Waals surface area contributed by atoms with Crippen LogP contribution in [-0.2, 0) is 0 Å². The van der Waals surface area contributed by atoms with Gasteiger partial charge in [0.2, 0.25) is 0 Å². The van der Waals surface area contributed by atoms with Gasteiger partial charge < -0.3 is 5.32 Å². The molecule has 2 aromatic carbocycles. The van der Waals surface area contributed by atoms with Gasteiger partial charge in [0.05, 0.1) is 0 Å². The standard InChI is InChI=1S/C14H11N/c1-2-7-12(8-3-1)15-14-10-11-6-4-5-9-13(11)14/h1-10,15H. The van der Waals surface area contributed by atoms with E-state index in [0.29, 0.717) is 0 Å². The number of anilines is 1. The van der Waals surface area contributed by atoms with Gasteiger partial charge in [-0.3, -0.25) is 0 Å². The Kier molecular flexibility index (Phi) is 1.82. The molecule has 0 aromatic heterocycles. The van der Waals surface area contributed by atoms with Crippen molar-refractivity contribution in [2.75, 3.05) is 5.32 Å². The van der Waals surface area contributed by atoms with Crippen LogP contribution in [0, 0.1) is 0 Å². The Balaban J connectivity index is 1.84. The van der Waals surface area contributed by atoms with E-state index in [-0.39, 0.29) is 0 Å². The first kappa shape index (κ1) is 8.30. The number of rotatable bonds is 2. The first-order valence-electron chi connectivity index (χ1n) is 5.07.